The van der Waals surface area contributed by atoms with E-state index in [0.29, 0.717) is 17.8 Å². The number of halogens is 2. The van der Waals surface area contributed by atoms with Crippen molar-refractivity contribution in [3.8, 4) is 0 Å². The first-order chi connectivity index (χ1) is 13.6. The standard InChI is InChI=1S/C21H26ClFN4O2/c1-5-16(26-12(2)10-17(24)28)14-7-8-15(22)19(20(14)23)21(29)13-6-9-18(25-11-13)27(3)4/h6-9,11-12,16,26H,5,10H2,1-4H3,(H2,24,28)/t12-,16-/m1/s1. The van der Waals surface area contributed by atoms with Gasteiger partial charge in [-0.25, -0.2) is 9.37 Å². The second-order valence-corrected chi connectivity index (χ2v) is 7.56. The van der Waals surface area contributed by atoms with Crippen LogP contribution in [0.5, 0.6) is 0 Å². The fourth-order valence-corrected chi connectivity index (χ4v) is 3.34. The molecule has 1 heterocycles. The molecule has 8 heteroatoms. The van der Waals surface area contributed by atoms with Crippen molar-refractivity contribution in [2.24, 2.45) is 5.73 Å². The Balaban J connectivity index is 2.38. The third-order valence-electron chi connectivity index (χ3n) is 4.59. The largest absolute Gasteiger partial charge is 0.370 e. The molecule has 1 aromatic carbocycles. The number of ketones is 1. The molecule has 0 unspecified atom stereocenters. The number of nitrogens with one attached hydrogen (secondary N) is 1. The van der Waals surface area contributed by atoms with E-state index >= 15 is 4.39 Å². The van der Waals surface area contributed by atoms with Gasteiger partial charge in [0.05, 0.1) is 10.6 Å². The van der Waals surface area contributed by atoms with Gasteiger partial charge >= 0.3 is 0 Å². The van der Waals surface area contributed by atoms with E-state index in [4.69, 9.17) is 17.3 Å². The zero-order valence-electron chi connectivity index (χ0n) is 17.0. The molecule has 29 heavy (non-hydrogen) atoms. The van der Waals surface area contributed by atoms with Crippen LogP contribution in [0.2, 0.25) is 5.02 Å². The quantitative estimate of drug-likeness (QED) is 0.606. The minimum Gasteiger partial charge on any atom is -0.370 e. The number of anilines is 1. The molecular weight excluding hydrogens is 395 g/mol. The smallest absolute Gasteiger partial charge is 0.218 e. The maximum absolute atomic E-state index is 15.4. The number of pyridine rings is 1. The summed E-state index contributed by atoms with van der Waals surface area (Å²) in [5.41, 5.74) is 5.61. The van der Waals surface area contributed by atoms with Crippen LogP contribution in [0.4, 0.5) is 10.2 Å². The van der Waals surface area contributed by atoms with E-state index in [0.717, 1.165) is 0 Å². The number of nitrogens with zero attached hydrogens (tertiary/aromatic N) is 2. The topological polar surface area (TPSA) is 88.3 Å². The molecular formula is C21H26ClFN4O2. The third-order valence-corrected chi connectivity index (χ3v) is 4.91. The number of carbonyl (C=O) groups excluding carboxylic acids is 2. The van der Waals surface area contributed by atoms with Gasteiger partial charge in [0.2, 0.25) is 5.91 Å². The number of primary amides is 1. The highest BCUT2D eigenvalue weighted by Crippen LogP contribution is 2.30. The van der Waals surface area contributed by atoms with E-state index in [-0.39, 0.29) is 28.6 Å². The van der Waals surface area contributed by atoms with Crippen LogP contribution >= 0.6 is 11.6 Å². The van der Waals surface area contributed by atoms with E-state index in [1.165, 1.54) is 12.3 Å². The van der Waals surface area contributed by atoms with Gasteiger partial charge in [0.25, 0.3) is 0 Å². The first-order valence-electron chi connectivity index (χ1n) is 9.36. The minimum atomic E-state index is -0.676. The highest BCUT2D eigenvalue weighted by molar-refractivity contribution is 6.35. The van der Waals surface area contributed by atoms with Crippen molar-refractivity contribution in [2.75, 3.05) is 19.0 Å². The van der Waals surface area contributed by atoms with Crippen molar-refractivity contribution >= 4 is 29.1 Å². The highest BCUT2D eigenvalue weighted by Gasteiger charge is 2.25. The number of aromatic nitrogens is 1. The Morgan fingerprint density at radius 3 is 2.48 bits per heavy atom. The van der Waals surface area contributed by atoms with Crippen molar-refractivity contribution in [3.63, 3.8) is 0 Å². The Morgan fingerprint density at radius 1 is 1.28 bits per heavy atom. The van der Waals surface area contributed by atoms with Crippen molar-refractivity contribution in [1.29, 1.82) is 0 Å². The summed E-state index contributed by atoms with van der Waals surface area (Å²) in [6, 6.07) is 5.71. The number of hydrogen-bond acceptors (Lipinski definition) is 5. The van der Waals surface area contributed by atoms with Crippen molar-refractivity contribution in [3.05, 3.63) is 58.0 Å². The Bertz CT molecular complexity index is 887. The van der Waals surface area contributed by atoms with E-state index in [1.54, 1.807) is 30.0 Å². The fourth-order valence-electron chi connectivity index (χ4n) is 3.11. The summed E-state index contributed by atoms with van der Waals surface area (Å²) in [5.74, 6) is -0.974. The summed E-state index contributed by atoms with van der Waals surface area (Å²) < 4.78 is 15.4. The molecule has 2 rings (SSSR count). The summed E-state index contributed by atoms with van der Waals surface area (Å²) in [7, 11) is 3.67. The molecule has 0 bridgehead atoms. The van der Waals surface area contributed by atoms with Crippen molar-refractivity contribution in [2.45, 2.75) is 38.8 Å². The third kappa shape index (κ3) is 5.52. The van der Waals surface area contributed by atoms with Crippen molar-refractivity contribution < 1.29 is 14.0 Å². The van der Waals surface area contributed by atoms with Gasteiger partial charge in [-0.05, 0) is 31.5 Å². The summed E-state index contributed by atoms with van der Waals surface area (Å²) in [6.07, 6.45) is 2.08. The monoisotopic (exact) mass is 420 g/mol. The number of carbonyl (C=O) groups is 2. The minimum absolute atomic E-state index is 0.0352. The van der Waals surface area contributed by atoms with E-state index < -0.39 is 23.5 Å². The van der Waals surface area contributed by atoms with Gasteiger partial charge in [0.1, 0.15) is 11.6 Å². The molecule has 2 aromatic rings. The maximum Gasteiger partial charge on any atom is 0.218 e. The van der Waals surface area contributed by atoms with Crippen LogP contribution in [-0.4, -0.2) is 36.8 Å². The van der Waals surface area contributed by atoms with Crippen molar-refractivity contribution in [1.82, 2.24) is 10.3 Å². The Labute approximate surface area is 175 Å². The number of amides is 1. The molecule has 156 valence electrons. The normalized spacial score (nSPS) is 13.0. The average Bonchev–Trinajstić information content (AvgIpc) is 2.66. The second-order valence-electron chi connectivity index (χ2n) is 7.15. The lowest BCUT2D eigenvalue weighted by molar-refractivity contribution is -0.118. The Morgan fingerprint density at radius 2 is 1.97 bits per heavy atom. The predicted octanol–water partition coefficient (Wildman–Crippen LogP) is 3.48. The lowest BCUT2D eigenvalue weighted by Crippen LogP contribution is -2.34. The van der Waals surface area contributed by atoms with Crippen LogP contribution in [0.3, 0.4) is 0 Å². The van der Waals surface area contributed by atoms with Gasteiger partial charge in [0, 0.05) is 49.9 Å². The molecule has 1 amide bonds. The molecule has 0 aliphatic heterocycles. The van der Waals surface area contributed by atoms with Crippen LogP contribution in [0.25, 0.3) is 0 Å². The zero-order chi connectivity index (χ0) is 21.7. The zero-order valence-corrected chi connectivity index (χ0v) is 17.8. The van der Waals surface area contributed by atoms with E-state index in [1.807, 2.05) is 21.0 Å². The Hall–Kier alpha value is -2.51. The average molecular weight is 421 g/mol. The fraction of sp³-hybridized carbons (Fsp3) is 0.381. The van der Waals surface area contributed by atoms with Gasteiger partial charge in [0.15, 0.2) is 5.78 Å². The lowest BCUT2D eigenvalue weighted by Gasteiger charge is -2.23. The first kappa shape index (κ1) is 22.8. The molecule has 3 N–H and O–H groups in total. The van der Waals surface area contributed by atoms with Crippen LogP contribution in [0.15, 0.2) is 30.5 Å². The van der Waals surface area contributed by atoms with Gasteiger partial charge in [-0.2, -0.15) is 0 Å². The number of hydrogen-bond donors (Lipinski definition) is 2. The van der Waals surface area contributed by atoms with Crippen LogP contribution in [0.1, 0.15) is 54.2 Å². The molecule has 0 spiro atoms. The summed E-state index contributed by atoms with van der Waals surface area (Å²) in [6.45, 7) is 3.68. The van der Waals surface area contributed by atoms with Gasteiger partial charge in [-0.15, -0.1) is 0 Å². The number of rotatable bonds is 9. The molecule has 0 saturated carbocycles. The molecule has 0 fully saturated rings. The molecule has 6 nitrogen and oxygen atoms in total. The lowest BCUT2D eigenvalue weighted by atomic mass is 9.96. The summed E-state index contributed by atoms with van der Waals surface area (Å²) >= 11 is 6.18. The predicted molar refractivity (Wildman–Crippen MR) is 113 cm³/mol. The van der Waals surface area contributed by atoms with Gasteiger partial charge in [-0.3, -0.25) is 9.59 Å². The number of nitrogens with two attached hydrogens (primary N) is 1. The first-order valence-corrected chi connectivity index (χ1v) is 9.73. The maximum atomic E-state index is 15.4. The van der Waals surface area contributed by atoms with Crippen LogP contribution < -0.4 is 16.0 Å². The second kappa shape index (κ2) is 9.80. The summed E-state index contributed by atoms with van der Waals surface area (Å²) in [4.78, 5) is 30.1. The SMILES string of the molecule is CC[C@@H](N[C@H](C)CC(N)=O)c1ccc(Cl)c(C(=O)c2ccc(N(C)C)nc2)c1F. The summed E-state index contributed by atoms with van der Waals surface area (Å²) in [5, 5.41) is 3.22. The van der Waals surface area contributed by atoms with Crippen LogP contribution in [-0.2, 0) is 4.79 Å². The number of benzene rings is 1. The van der Waals surface area contributed by atoms with Gasteiger partial charge in [-0.1, -0.05) is 24.6 Å². The van der Waals surface area contributed by atoms with Gasteiger partial charge < -0.3 is 16.0 Å². The molecule has 0 aliphatic carbocycles. The molecule has 2 atom stereocenters. The Kier molecular flexibility index (Phi) is 7.70. The highest BCUT2D eigenvalue weighted by atomic mass is 35.5. The molecule has 0 aliphatic rings. The molecule has 0 saturated heterocycles. The molecule has 0 radical (unpaired) electrons. The van der Waals surface area contributed by atoms with E-state index in [2.05, 4.69) is 10.3 Å². The van der Waals surface area contributed by atoms with E-state index in [9.17, 15) is 9.59 Å². The molecule has 1 aromatic heterocycles. The van der Waals surface area contributed by atoms with Crippen LogP contribution in [0, 0.1) is 5.82 Å².